The summed E-state index contributed by atoms with van der Waals surface area (Å²) in [6.45, 7) is 5.73. The van der Waals surface area contributed by atoms with Gasteiger partial charge in [0.1, 0.15) is 0 Å². The predicted molar refractivity (Wildman–Crippen MR) is 177 cm³/mol. The highest BCUT2D eigenvalue weighted by Gasteiger charge is 2.18. The van der Waals surface area contributed by atoms with E-state index >= 15 is 0 Å². The van der Waals surface area contributed by atoms with Crippen molar-refractivity contribution in [1.82, 2.24) is 0 Å². The molecule has 0 atom stereocenters. The molecule has 0 bridgehead atoms. The van der Waals surface area contributed by atoms with Crippen LogP contribution in [0.5, 0.6) is 0 Å². The quantitative estimate of drug-likeness (QED) is 0.123. The number of hydrogen-bond acceptors (Lipinski definition) is 9. The summed E-state index contributed by atoms with van der Waals surface area (Å²) >= 11 is 0. The van der Waals surface area contributed by atoms with Crippen LogP contribution < -0.4 is 16.0 Å². The maximum absolute atomic E-state index is 13.4. The average Bonchev–Trinajstić information content (AvgIpc) is 3.09. The second-order valence-electron chi connectivity index (χ2n) is 10.1. The van der Waals surface area contributed by atoms with Gasteiger partial charge in [-0.15, -0.1) is 0 Å². The van der Waals surface area contributed by atoms with Crippen LogP contribution >= 0.6 is 0 Å². The van der Waals surface area contributed by atoms with Crippen LogP contribution in [0.3, 0.4) is 0 Å². The topological polar surface area (TPSA) is 166 Å². The third-order valence-corrected chi connectivity index (χ3v) is 6.68. The lowest BCUT2D eigenvalue weighted by Gasteiger charge is -2.12. The van der Waals surface area contributed by atoms with E-state index in [1.54, 1.807) is 20.8 Å². The summed E-state index contributed by atoms with van der Waals surface area (Å²) in [6.07, 6.45) is 0. The number of rotatable bonds is 12. The minimum Gasteiger partial charge on any atom is -0.462 e. The highest BCUT2D eigenvalue weighted by atomic mass is 16.5. The lowest BCUT2D eigenvalue weighted by molar-refractivity contribution is 0.0517. The highest BCUT2D eigenvalue weighted by Crippen LogP contribution is 2.19. The molecule has 3 amide bonds. The molecule has 0 aliphatic heterocycles. The standard InChI is InChI=1S/C36H33N3O9/c1-4-46-34(43)22-7-13-28(14-8-22)37-31(40)25-19-26(32(41)38-29-15-9-23(10-16-29)35(44)47-5-2)21-27(20-25)33(42)39-30-17-11-24(12-18-30)36(45)48-6-3/h7-21H,4-6H2,1-3H3,(H,37,40)(H,38,41)(H,39,42). The third kappa shape index (κ3) is 9.13. The van der Waals surface area contributed by atoms with E-state index in [0.29, 0.717) is 33.8 Å². The van der Waals surface area contributed by atoms with Gasteiger partial charge in [-0.2, -0.15) is 0 Å². The summed E-state index contributed by atoms with van der Waals surface area (Å²) in [5.41, 5.74) is 1.98. The number of anilines is 3. The maximum Gasteiger partial charge on any atom is 0.338 e. The van der Waals surface area contributed by atoms with Gasteiger partial charge >= 0.3 is 17.9 Å². The molecule has 12 heteroatoms. The van der Waals surface area contributed by atoms with Gasteiger partial charge in [0.2, 0.25) is 0 Å². The molecule has 0 fully saturated rings. The summed E-state index contributed by atoms with van der Waals surface area (Å²) in [6, 6.07) is 22.1. The second kappa shape index (κ2) is 16.3. The van der Waals surface area contributed by atoms with Crippen molar-refractivity contribution < 1.29 is 43.0 Å². The zero-order valence-electron chi connectivity index (χ0n) is 26.5. The smallest absolute Gasteiger partial charge is 0.338 e. The second-order valence-corrected chi connectivity index (χ2v) is 10.1. The number of esters is 3. The lowest BCUT2D eigenvalue weighted by atomic mass is 10.0. The Morgan fingerprint density at radius 2 is 0.625 bits per heavy atom. The molecule has 12 nitrogen and oxygen atoms in total. The van der Waals surface area contributed by atoms with Crippen molar-refractivity contribution >= 4 is 52.7 Å². The zero-order chi connectivity index (χ0) is 34.6. The van der Waals surface area contributed by atoms with E-state index < -0.39 is 35.6 Å². The molecule has 246 valence electrons. The molecule has 0 aliphatic rings. The van der Waals surface area contributed by atoms with Gasteiger partial charge < -0.3 is 30.2 Å². The SMILES string of the molecule is CCOC(=O)c1ccc(NC(=O)c2cc(C(=O)Nc3ccc(C(=O)OCC)cc3)cc(C(=O)Nc3ccc(C(=O)OCC)cc3)c2)cc1. The van der Waals surface area contributed by atoms with E-state index in [9.17, 15) is 28.8 Å². The van der Waals surface area contributed by atoms with Crippen LogP contribution in [0.1, 0.15) is 82.9 Å². The van der Waals surface area contributed by atoms with Crippen molar-refractivity contribution in [3.63, 3.8) is 0 Å². The molecule has 4 aromatic rings. The van der Waals surface area contributed by atoms with Crippen molar-refractivity contribution in [2.45, 2.75) is 20.8 Å². The maximum atomic E-state index is 13.4. The molecule has 4 aromatic carbocycles. The first-order valence-electron chi connectivity index (χ1n) is 15.0. The highest BCUT2D eigenvalue weighted by molar-refractivity contribution is 6.13. The summed E-state index contributed by atoms with van der Waals surface area (Å²) < 4.78 is 15.0. The number of carbonyl (C=O) groups is 6. The minimum atomic E-state index is -0.625. The molecule has 3 N–H and O–H groups in total. The van der Waals surface area contributed by atoms with Gasteiger partial charge in [0, 0.05) is 33.8 Å². The van der Waals surface area contributed by atoms with Gasteiger partial charge in [-0.3, -0.25) is 14.4 Å². The van der Waals surface area contributed by atoms with Crippen LogP contribution in [0.15, 0.2) is 91.0 Å². The van der Waals surface area contributed by atoms with Crippen LogP contribution in [-0.4, -0.2) is 55.5 Å². The predicted octanol–water partition coefficient (Wildman–Crippen LogP) is 5.97. The Hall–Kier alpha value is -6.30. The van der Waals surface area contributed by atoms with Crippen molar-refractivity contribution in [3.05, 3.63) is 124 Å². The van der Waals surface area contributed by atoms with Crippen LogP contribution in [0.4, 0.5) is 17.1 Å². The molecule has 0 aromatic heterocycles. The van der Waals surface area contributed by atoms with Gasteiger partial charge in [-0.05, 0) is 112 Å². The van der Waals surface area contributed by atoms with E-state index in [4.69, 9.17) is 14.2 Å². The summed E-state index contributed by atoms with van der Waals surface area (Å²) in [5.74, 6) is -3.39. The van der Waals surface area contributed by atoms with Crippen LogP contribution in [-0.2, 0) is 14.2 Å². The number of amides is 3. The number of benzene rings is 4. The molecule has 4 rings (SSSR count). The van der Waals surface area contributed by atoms with E-state index in [-0.39, 0.29) is 36.5 Å². The largest absolute Gasteiger partial charge is 0.462 e. The van der Waals surface area contributed by atoms with Gasteiger partial charge in [-0.1, -0.05) is 0 Å². The van der Waals surface area contributed by atoms with Crippen molar-refractivity contribution in [2.75, 3.05) is 35.8 Å². The fourth-order valence-electron chi connectivity index (χ4n) is 4.34. The fraction of sp³-hybridized carbons (Fsp3) is 0.167. The van der Waals surface area contributed by atoms with E-state index in [1.165, 1.54) is 91.0 Å². The fourth-order valence-corrected chi connectivity index (χ4v) is 4.34. The van der Waals surface area contributed by atoms with E-state index in [2.05, 4.69) is 16.0 Å². The Morgan fingerprint density at radius 1 is 0.396 bits per heavy atom. The number of hydrogen-bond donors (Lipinski definition) is 3. The van der Waals surface area contributed by atoms with Crippen LogP contribution in [0.2, 0.25) is 0 Å². The molecule has 0 spiro atoms. The summed E-state index contributed by atoms with van der Waals surface area (Å²) in [5, 5.41) is 8.10. The van der Waals surface area contributed by atoms with Gasteiger partial charge in [0.15, 0.2) is 0 Å². The molecule has 0 saturated heterocycles. The first kappa shape index (κ1) is 34.6. The monoisotopic (exact) mass is 651 g/mol. The zero-order valence-corrected chi connectivity index (χ0v) is 26.5. The Bertz CT molecular complexity index is 1590. The average molecular weight is 652 g/mol. The number of nitrogens with one attached hydrogen (secondary N) is 3. The Labute approximate surface area is 276 Å². The first-order valence-corrected chi connectivity index (χ1v) is 15.0. The van der Waals surface area contributed by atoms with Gasteiger partial charge in [0.25, 0.3) is 17.7 Å². The lowest BCUT2D eigenvalue weighted by Crippen LogP contribution is -2.19. The van der Waals surface area contributed by atoms with Crippen molar-refractivity contribution in [1.29, 1.82) is 0 Å². The van der Waals surface area contributed by atoms with Crippen molar-refractivity contribution in [2.24, 2.45) is 0 Å². The Morgan fingerprint density at radius 3 is 0.833 bits per heavy atom. The normalized spacial score (nSPS) is 10.3. The molecule has 0 aliphatic carbocycles. The minimum absolute atomic E-state index is 0.00223. The molecule has 0 radical (unpaired) electrons. The first-order chi connectivity index (χ1) is 23.1. The van der Waals surface area contributed by atoms with E-state index in [0.717, 1.165) is 0 Å². The number of ether oxygens (including phenoxy) is 3. The summed E-state index contributed by atoms with van der Waals surface area (Å²) in [4.78, 5) is 76.0. The molecule has 0 unspecified atom stereocenters. The Kier molecular flexibility index (Phi) is 11.8. The molecular weight excluding hydrogens is 618 g/mol. The molecule has 0 saturated carbocycles. The third-order valence-electron chi connectivity index (χ3n) is 6.68. The molecule has 48 heavy (non-hydrogen) atoms. The Balaban J connectivity index is 1.59. The van der Waals surface area contributed by atoms with E-state index in [1.807, 2.05) is 0 Å². The van der Waals surface area contributed by atoms with Crippen LogP contribution in [0.25, 0.3) is 0 Å². The molecular formula is C36H33N3O9. The van der Waals surface area contributed by atoms with Gasteiger partial charge in [0.05, 0.1) is 36.5 Å². The van der Waals surface area contributed by atoms with Crippen molar-refractivity contribution in [3.8, 4) is 0 Å². The summed E-state index contributed by atoms with van der Waals surface area (Å²) in [7, 11) is 0. The molecule has 0 heterocycles. The van der Waals surface area contributed by atoms with Gasteiger partial charge in [-0.25, -0.2) is 14.4 Å². The number of carbonyl (C=O) groups excluding carboxylic acids is 6. The van der Waals surface area contributed by atoms with Crippen LogP contribution in [0, 0.1) is 0 Å².